The molecular formula is C45H28N4O2. The molecule has 6 heteroatoms. The Hall–Kier alpha value is -7.05. The Labute approximate surface area is 293 Å². The number of benzene rings is 7. The van der Waals surface area contributed by atoms with E-state index in [1.807, 2.05) is 103 Å². The van der Waals surface area contributed by atoms with Crippen LogP contribution in [0.2, 0.25) is 0 Å². The topological polar surface area (TPSA) is 62.1 Å². The number of hydrogen-bond acceptors (Lipinski definition) is 5. The van der Waals surface area contributed by atoms with Crippen LogP contribution in [0.25, 0.3) is 72.8 Å². The Morgan fingerprint density at radius 2 is 0.902 bits per heavy atom. The summed E-state index contributed by atoms with van der Waals surface area (Å²) in [6.45, 7) is 0. The molecule has 0 atom stereocenters. The van der Waals surface area contributed by atoms with Gasteiger partial charge in [0.15, 0.2) is 34.6 Å². The highest BCUT2D eigenvalue weighted by Crippen LogP contribution is 2.51. The third-order valence-electron chi connectivity index (χ3n) is 9.32. The molecule has 0 fully saturated rings. The molecule has 0 spiro atoms. The molecule has 240 valence electrons. The van der Waals surface area contributed by atoms with Crippen LogP contribution in [0, 0.1) is 0 Å². The molecule has 0 radical (unpaired) electrons. The molecule has 9 aromatic rings. The van der Waals surface area contributed by atoms with E-state index in [4.69, 9.17) is 24.4 Å². The first-order valence-corrected chi connectivity index (χ1v) is 16.9. The predicted molar refractivity (Wildman–Crippen MR) is 202 cm³/mol. The van der Waals surface area contributed by atoms with E-state index in [2.05, 4.69) is 71.3 Å². The van der Waals surface area contributed by atoms with E-state index in [-0.39, 0.29) is 0 Å². The van der Waals surface area contributed by atoms with Crippen molar-refractivity contribution in [2.75, 3.05) is 0 Å². The van der Waals surface area contributed by atoms with Crippen molar-refractivity contribution in [2.24, 2.45) is 0 Å². The maximum absolute atomic E-state index is 6.80. The third-order valence-corrected chi connectivity index (χ3v) is 9.32. The minimum Gasteiger partial charge on any atom is -0.449 e. The monoisotopic (exact) mass is 656 g/mol. The van der Waals surface area contributed by atoms with Gasteiger partial charge in [0.2, 0.25) is 5.95 Å². The molecule has 3 heterocycles. The van der Waals surface area contributed by atoms with Gasteiger partial charge in [0.1, 0.15) is 5.52 Å². The smallest absolute Gasteiger partial charge is 0.238 e. The van der Waals surface area contributed by atoms with Gasteiger partial charge in [-0.2, -0.15) is 9.97 Å². The van der Waals surface area contributed by atoms with Gasteiger partial charge in [-0.05, 0) is 58.7 Å². The lowest BCUT2D eigenvalue weighted by Gasteiger charge is -2.22. The number of ether oxygens (including phenoxy) is 2. The normalized spacial score (nSPS) is 11.8. The van der Waals surface area contributed by atoms with E-state index >= 15 is 0 Å². The number of hydrogen-bond donors (Lipinski definition) is 0. The minimum atomic E-state index is 0.484. The summed E-state index contributed by atoms with van der Waals surface area (Å²) in [5.41, 5.74) is 7.96. The summed E-state index contributed by atoms with van der Waals surface area (Å²) in [6, 6.07) is 57.4. The second kappa shape index (κ2) is 11.8. The van der Waals surface area contributed by atoms with Crippen LogP contribution in [0.4, 0.5) is 0 Å². The van der Waals surface area contributed by atoms with E-state index in [1.165, 1.54) is 0 Å². The van der Waals surface area contributed by atoms with Gasteiger partial charge < -0.3 is 9.47 Å². The van der Waals surface area contributed by atoms with Gasteiger partial charge in [-0.25, -0.2) is 4.98 Å². The molecule has 10 rings (SSSR count). The molecule has 2 aromatic heterocycles. The quantitative estimate of drug-likeness (QED) is 0.184. The first kappa shape index (κ1) is 28.9. The van der Waals surface area contributed by atoms with Gasteiger partial charge in [-0.3, -0.25) is 4.57 Å². The lowest BCUT2D eigenvalue weighted by Crippen LogP contribution is -2.08. The van der Waals surface area contributed by atoms with Crippen molar-refractivity contribution in [3.05, 3.63) is 170 Å². The second-order valence-electron chi connectivity index (χ2n) is 12.5. The van der Waals surface area contributed by atoms with Crippen LogP contribution >= 0.6 is 0 Å². The Morgan fingerprint density at radius 1 is 0.373 bits per heavy atom. The van der Waals surface area contributed by atoms with Crippen molar-refractivity contribution in [1.29, 1.82) is 0 Å². The van der Waals surface area contributed by atoms with Gasteiger partial charge in [-0.1, -0.05) is 133 Å². The molecule has 1 aliphatic heterocycles. The van der Waals surface area contributed by atoms with Crippen LogP contribution in [0.1, 0.15) is 0 Å². The molecule has 7 aromatic carbocycles. The zero-order valence-electron chi connectivity index (χ0n) is 27.3. The largest absolute Gasteiger partial charge is 0.449 e. The molecule has 0 bridgehead atoms. The van der Waals surface area contributed by atoms with Crippen LogP contribution in [0.15, 0.2) is 170 Å². The van der Waals surface area contributed by atoms with Crippen LogP contribution in [-0.2, 0) is 0 Å². The van der Waals surface area contributed by atoms with Gasteiger partial charge in [-0.15, -0.1) is 0 Å². The van der Waals surface area contributed by atoms with Crippen LogP contribution in [-0.4, -0.2) is 19.5 Å². The van der Waals surface area contributed by atoms with Crippen molar-refractivity contribution in [3.63, 3.8) is 0 Å². The van der Waals surface area contributed by atoms with Crippen molar-refractivity contribution in [2.45, 2.75) is 0 Å². The molecule has 0 saturated carbocycles. The first-order valence-electron chi connectivity index (χ1n) is 16.9. The zero-order valence-corrected chi connectivity index (χ0v) is 27.3. The van der Waals surface area contributed by atoms with Crippen molar-refractivity contribution >= 4 is 21.8 Å². The summed E-state index contributed by atoms with van der Waals surface area (Å²) in [5, 5.41) is 2.04. The maximum Gasteiger partial charge on any atom is 0.238 e. The maximum atomic E-state index is 6.80. The van der Waals surface area contributed by atoms with Gasteiger partial charge in [0.05, 0.1) is 5.52 Å². The molecule has 0 aliphatic carbocycles. The van der Waals surface area contributed by atoms with Crippen LogP contribution in [0.5, 0.6) is 23.0 Å². The van der Waals surface area contributed by atoms with Gasteiger partial charge in [0, 0.05) is 21.9 Å². The fraction of sp³-hybridized carbons (Fsp3) is 0. The van der Waals surface area contributed by atoms with Crippen molar-refractivity contribution in [1.82, 2.24) is 19.5 Å². The van der Waals surface area contributed by atoms with E-state index in [1.54, 1.807) is 0 Å². The first-order chi connectivity index (χ1) is 25.3. The summed E-state index contributed by atoms with van der Waals surface area (Å²) in [7, 11) is 0. The number of aromatic nitrogens is 4. The fourth-order valence-electron chi connectivity index (χ4n) is 6.86. The summed E-state index contributed by atoms with van der Waals surface area (Å²) in [6.07, 6.45) is 0. The summed E-state index contributed by atoms with van der Waals surface area (Å²) < 4.78 is 15.5. The molecule has 0 unspecified atom stereocenters. The molecular weight excluding hydrogens is 629 g/mol. The fourth-order valence-corrected chi connectivity index (χ4v) is 6.86. The summed E-state index contributed by atoms with van der Waals surface area (Å²) >= 11 is 0. The Balaban J connectivity index is 1.23. The third kappa shape index (κ3) is 5.01. The summed E-state index contributed by atoms with van der Waals surface area (Å²) in [5.74, 6) is 4.17. The Bertz CT molecular complexity index is 2670. The van der Waals surface area contributed by atoms with Crippen LogP contribution < -0.4 is 9.47 Å². The van der Waals surface area contributed by atoms with E-state index in [0.29, 0.717) is 40.6 Å². The Morgan fingerprint density at radius 3 is 1.51 bits per heavy atom. The zero-order chi connectivity index (χ0) is 33.7. The lowest BCUT2D eigenvalue weighted by atomic mass is 10.0. The SMILES string of the molecule is c1ccc(-c2ccc3c(c2)Oc2ccc4c5cc(-c6ccccc6)ccc5n(-c5nc(-c6ccccc6)nc(-c6ccccc6)n5)c4c2O3)cc1. The molecule has 51 heavy (non-hydrogen) atoms. The highest BCUT2D eigenvalue weighted by Gasteiger charge is 2.28. The van der Waals surface area contributed by atoms with Gasteiger partial charge in [0.25, 0.3) is 0 Å². The molecule has 1 aliphatic rings. The molecule has 0 N–H and O–H groups in total. The highest BCUT2D eigenvalue weighted by molar-refractivity contribution is 6.13. The number of nitrogens with zero attached hydrogens (tertiary/aromatic N) is 4. The lowest BCUT2D eigenvalue weighted by molar-refractivity contribution is 0.362. The average molecular weight is 657 g/mol. The number of rotatable bonds is 5. The molecule has 0 saturated heterocycles. The molecule has 0 amide bonds. The Kier molecular flexibility index (Phi) is 6.70. The van der Waals surface area contributed by atoms with E-state index in [0.717, 1.165) is 55.2 Å². The second-order valence-corrected chi connectivity index (χ2v) is 12.5. The average Bonchev–Trinajstić information content (AvgIpc) is 3.55. The highest BCUT2D eigenvalue weighted by atomic mass is 16.6. The predicted octanol–water partition coefficient (Wildman–Crippen LogP) is 11.5. The van der Waals surface area contributed by atoms with Crippen molar-refractivity contribution < 1.29 is 9.47 Å². The van der Waals surface area contributed by atoms with Crippen molar-refractivity contribution in [3.8, 4) is 74.0 Å². The summed E-state index contributed by atoms with van der Waals surface area (Å²) in [4.78, 5) is 15.2. The van der Waals surface area contributed by atoms with Gasteiger partial charge >= 0.3 is 0 Å². The standard InChI is InChI=1S/C45H28N4O2/c1-5-13-29(14-6-1)33-21-24-37-36(27-33)35-23-26-39-42(51-38-25-22-34(28-40(38)50-39)30-15-7-2-8-16-30)41(35)49(37)45-47-43(31-17-9-3-10-18-31)46-44(48-45)32-19-11-4-12-20-32/h1-28H. The van der Waals surface area contributed by atoms with E-state index in [9.17, 15) is 0 Å². The van der Waals surface area contributed by atoms with Crippen LogP contribution in [0.3, 0.4) is 0 Å². The number of fused-ring (bicyclic) bond motifs is 6. The minimum absolute atomic E-state index is 0.484. The van der Waals surface area contributed by atoms with E-state index < -0.39 is 0 Å². The molecule has 6 nitrogen and oxygen atoms in total.